The lowest BCUT2D eigenvalue weighted by Crippen LogP contribution is -2.53. The summed E-state index contributed by atoms with van der Waals surface area (Å²) in [6.45, 7) is 16.5. The van der Waals surface area contributed by atoms with E-state index in [-0.39, 0.29) is 0 Å². The van der Waals surface area contributed by atoms with E-state index in [0.29, 0.717) is 0 Å². The molecule has 1 rings (SSSR count). The van der Waals surface area contributed by atoms with E-state index in [1.165, 1.54) is 5.56 Å². The van der Waals surface area contributed by atoms with Crippen molar-refractivity contribution in [3.05, 3.63) is 35.9 Å². The molecule has 21 heavy (non-hydrogen) atoms. The van der Waals surface area contributed by atoms with Crippen LogP contribution in [0.1, 0.15) is 54.0 Å². The SMILES string of the molecule is C/C=C/c1ccc(O[SiH2][Si](C(C)C)(C(C)C)C(C)C)cc1. The molecule has 0 spiro atoms. The fourth-order valence-corrected chi connectivity index (χ4v) is 13.4. The maximum atomic E-state index is 6.37. The van der Waals surface area contributed by atoms with E-state index >= 15 is 0 Å². The van der Waals surface area contributed by atoms with Crippen molar-refractivity contribution in [3.8, 4) is 5.75 Å². The Balaban J connectivity index is 2.86. The first-order chi connectivity index (χ1) is 9.84. The summed E-state index contributed by atoms with van der Waals surface area (Å²) in [5.41, 5.74) is 3.64. The van der Waals surface area contributed by atoms with Crippen molar-refractivity contribution < 1.29 is 4.43 Å². The Bertz CT molecular complexity index is 425. The zero-order valence-corrected chi connectivity index (χ0v) is 17.2. The maximum Gasteiger partial charge on any atom is 0.206 e. The summed E-state index contributed by atoms with van der Waals surface area (Å²) >= 11 is 0. The Kier molecular flexibility index (Phi) is 6.94. The van der Waals surface area contributed by atoms with Crippen LogP contribution in [0.4, 0.5) is 0 Å². The van der Waals surface area contributed by atoms with Crippen LogP contribution in [0.15, 0.2) is 30.3 Å². The summed E-state index contributed by atoms with van der Waals surface area (Å²) in [5.74, 6) is 1.06. The lowest BCUT2D eigenvalue weighted by atomic mass is 10.2. The van der Waals surface area contributed by atoms with E-state index in [1.54, 1.807) is 0 Å². The topological polar surface area (TPSA) is 9.23 Å². The predicted molar refractivity (Wildman–Crippen MR) is 101 cm³/mol. The lowest BCUT2D eigenvalue weighted by molar-refractivity contribution is 0.601. The summed E-state index contributed by atoms with van der Waals surface area (Å²) in [6, 6.07) is 8.55. The Hall–Kier alpha value is -0.806. The zero-order valence-electron chi connectivity index (χ0n) is 14.8. The quantitative estimate of drug-likeness (QED) is 0.615. The van der Waals surface area contributed by atoms with Crippen molar-refractivity contribution in [3.63, 3.8) is 0 Å². The van der Waals surface area contributed by atoms with Gasteiger partial charge in [-0.05, 0) is 41.2 Å². The third-order valence-electron chi connectivity index (χ3n) is 4.95. The number of benzene rings is 1. The number of allylic oxidation sites excluding steroid dienone is 1. The first kappa shape index (κ1) is 18.2. The van der Waals surface area contributed by atoms with Crippen molar-refractivity contribution in [2.45, 2.75) is 65.1 Å². The van der Waals surface area contributed by atoms with Crippen LogP contribution in [0.5, 0.6) is 5.75 Å². The average molecular weight is 321 g/mol. The first-order valence-electron chi connectivity index (χ1n) is 8.20. The fourth-order valence-electron chi connectivity index (χ4n) is 3.58. The molecule has 0 bridgehead atoms. The summed E-state index contributed by atoms with van der Waals surface area (Å²) in [5, 5.41) is 0. The highest BCUT2D eigenvalue weighted by atomic mass is 29.2. The molecule has 0 amide bonds. The summed E-state index contributed by atoms with van der Waals surface area (Å²) in [7, 11) is -1.86. The van der Waals surface area contributed by atoms with Gasteiger partial charge in [0.05, 0.1) is 7.59 Å². The van der Waals surface area contributed by atoms with Gasteiger partial charge in [0.25, 0.3) is 0 Å². The molecule has 0 saturated heterocycles. The normalized spacial score (nSPS) is 13.4. The largest absolute Gasteiger partial charge is 0.553 e. The van der Waals surface area contributed by atoms with Gasteiger partial charge in [-0.2, -0.15) is 0 Å². The Morgan fingerprint density at radius 2 is 1.38 bits per heavy atom. The lowest BCUT2D eigenvalue weighted by Gasteiger charge is -2.42. The summed E-state index contributed by atoms with van der Waals surface area (Å²) < 4.78 is 6.37. The molecule has 0 radical (unpaired) electrons. The first-order valence-corrected chi connectivity index (χ1v) is 13.3. The third kappa shape index (κ3) is 4.33. The van der Waals surface area contributed by atoms with Crippen LogP contribution in [-0.2, 0) is 0 Å². The highest BCUT2D eigenvalue weighted by Crippen LogP contribution is 2.40. The molecule has 1 aromatic carbocycles. The second-order valence-electron chi connectivity index (χ2n) is 6.93. The molecular formula is C18H32OSi2. The van der Waals surface area contributed by atoms with E-state index in [4.69, 9.17) is 4.43 Å². The van der Waals surface area contributed by atoms with E-state index in [2.05, 4.69) is 78.0 Å². The van der Waals surface area contributed by atoms with Gasteiger partial charge in [0.1, 0.15) is 5.75 Å². The Labute approximate surface area is 134 Å². The highest BCUT2D eigenvalue weighted by Gasteiger charge is 2.44. The predicted octanol–water partition coefficient (Wildman–Crippen LogP) is 5.36. The smallest absolute Gasteiger partial charge is 0.206 e. The number of rotatable bonds is 7. The standard InChI is InChI=1S/C18H32OSi2/c1-8-9-17-10-12-18(13-11-17)19-20-21(14(2)3,15(4)5)16(6)7/h8-16H,20H2,1-7H3/b9-8+. The van der Waals surface area contributed by atoms with E-state index in [0.717, 1.165) is 22.4 Å². The Morgan fingerprint density at radius 3 is 1.76 bits per heavy atom. The van der Waals surface area contributed by atoms with Crippen LogP contribution < -0.4 is 4.43 Å². The van der Waals surface area contributed by atoms with Crippen LogP contribution in [0.25, 0.3) is 6.08 Å². The minimum atomic E-state index is -1.34. The third-order valence-corrected chi connectivity index (χ3v) is 21.7. The molecular weight excluding hydrogens is 288 g/mol. The molecule has 3 heteroatoms. The van der Waals surface area contributed by atoms with Crippen LogP contribution in [0, 0.1) is 0 Å². The number of hydrogen-bond donors (Lipinski definition) is 0. The number of hydrogen-bond acceptors (Lipinski definition) is 1. The van der Waals surface area contributed by atoms with Gasteiger partial charge in [-0.3, -0.25) is 0 Å². The van der Waals surface area contributed by atoms with Gasteiger partial charge in [-0.15, -0.1) is 0 Å². The van der Waals surface area contributed by atoms with Crippen LogP contribution in [0.3, 0.4) is 0 Å². The molecule has 0 aromatic heterocycles. The minimum absolute atomic E-state index is 0.525. The van der Waals surface area contributed by atoms with Gasteiger partial charge in [0.2, 0.25) is 9.28 Å². The molecule has 0 aliphatic carbocycles. The maximum absolute atomic E-state index is 6.37. The van der Waals surface area contributed by atoms with E-state index in [1.807, 2.05) is 6.92 Å². The molecule has 0 N–H and O–H groups in total. The van der Waals surface area contributed by atoms with Crippen LogP contribution in [0.2, 0.25) is 16.6 Å². The average Bonchev–Trinajstić information content (AvgIpc) is 2.40. The molecule has 0 fully saturated rings. The van der Waals surface area contributed by atoms with Gasteiger partial charge in [-0.1, -0.05) is 65.8 Å². The molecule has 0 aliphatic heterocycles. The summed E-state index contributed by atoms with van der Waals surface area (Å²) in [4.78, 5) is 0. The molecule has 0 heterocycles. The monoisotopic (exact) mass is 320 g/mol. The molecule has 1 nitrogen and oxygen atoms in total. The summed E-state index contributed by atoms with van der Waals surface area (Å²) in [6.07, 6.45) is 4.19. The van der Waals surface area contributed by atoms with Gasteiger partial charge >= 0.3 is 0 Å². The second kappa shape index (κ2) is 7.99. The molecule has 118 valence electrons. The van der Waals surface area contributed by atoms with E-state index in [9.17, 15) is 0 Å². The van der Waals surface area contributed by atoms with Gasteiger partial charge in [-0.25, -0.2) is 0 Å². The second-order valence-corrected chi connectivity index (χ2v) is 17.7. The van der Waals surface area contributed by atoms with Gasteiger partial charge < -0.3 is 4.43 Å². The van der Waals surface area contributed by atoms with Gasteiger partial charge in [0.15, 0.2) is 0 Å². The van der Waals surface area contributed by atoms with Crippen molar-refractivity contribution in [2.75, 3.05) is 0 Å². The van der Waals surface area contributed by atoms with Gasteiger partial charge in [0, 0.05) is 0 Å². The Morgan fingerprint density at radius 1 is 0.905 bits per heavy atom. The van der Waals surface area contributed by atoms with E-state index < -0.39 is 16.9 Å². The van der Waals surface area contributed by atoms with Crippen molar-refractivity contribution in [2.24, 2.45) is 0 Å². The molecule has 0 unspecified atom stereocenters. The fraction of sp³-hybridized carbons (Fsp3) is 0.556. The minimum Gasteiger partial charge on any atom is -0.553 e. The van der Waals surface area contributed by atoms with Crippen molar-refractivity contribution in [1.82, 2.24) is 0 Å². The molecule has 0 atom stereocenters. The zero-order chi connectivity index (χ0) is 16.0. The molecule has 1 aromatic rings. The van der Waals surface area contributed by atoms with Crippen LogP contribution >= 0.6 is 0 Å². The van der Waals surface area contributed by atoms with Crippen LogP contribution in [-0.4, -0.2) is 16.9 Å². The highest BCUT2D eigenvalue weighted by molar-refractivity contribution is 7.24. The van der Waals surface area contributed by atoms with Crippen molar-refractivity contribution >= 4 is 22.9 Å². The molecule has 0 aliphatic rings. The van der Waals surface area contributed by atoms with Crippen molar-refractivity contribution in [1.29, 1.82) is 0 Å². The molecule has 0 saturated carbocycles.